The van der Waals surface area contributed by atoms with Crippen LogP contribution in [0.5, 0.6) is 0 Å². The lowest BCUT2D eigenvalue weighted by molar-refractivity contribution is 0.0954. The van der Waals surface area contributed by atoms with Gasteiger partial charge in [-0.25, -0.2) is 15.8 Å². The molecule has 1 aromatic heterocycles. The quantitative estimate of drug-likeness (QED) is 0.275. The highest BCUT2D eigenvalue weighted by atomic mass is 35.5. The molecule has 0 saturated carbocycles. The van der Waals surface area contributed by atoms with E-state index in [0.717, 1.165) is 16.5 Å². The molecule has 0 unspecified atom stereocenters. The maximum Gasteiger partial charge on any atom is 0.267 e. The number of carbonyl (C=O) groups excluding carboxylic acids is 1. The number of aromatic nitrogens is 2. The number of hydrogen-bond acceptors (Lipinski definition) is 5. The first-order valence-corrected chi connectivity index (χ1v) is 8.93. The van der Waals surface area contributed by atoms with Crippen molar-refractivity contribution in [2.45, 2.75) is 0 Å². The van der Waals surface area contributed by atoms with Crippen LogP contribution >= 0.6 is 11.6 Å². The van der Waals surface area contributed by atoms with E-state index >= 15 is 0 Å². The van der Waals surface area contributed by atoms with Crippen LogP contribution < -0.4 is 16.6 Å². The Morgan fingerprint density at radius 2 is 1.68 bits per heavy atom. The van der Waals surface area contributed by atoms with Crippen molar-refractivity contribution in [3.05, 3.63) is 83.4 Å². The van der Waals surface area contributed by atoms with Crippen molar-refractivity contribution in [3.8, 4) is 11.4 Å². The van der Waals surface area contributed by atoms with Gasteiger partial charge in [0.15, 0.2) is 5.82 Å². The monoisotopic (exact) mass is 389 g/mol. The van der Waals surface area contributed by atoms with Crippen LogP contribution in [0, 0.1) is 0 Å². The van der Waals surface area contributed by atoms with E-state index in [4.69, 9.17) is 17.4 Å². The highest BCUT2D eigenvalue weighted by Crippen LogP contribution is 2.30. The van der Waals surface area contributed by atoms with Crippen LogP contribution in [0.4, 0.5) is 11.5 Å². The summed E-state index contributed by atoms with van der Waals surface area (Å²) in [6.07, 6.45) is 0. The number of nitrogens with two attached hydrogens (primary N) is 1. The van der Waals surface area contributed by atoms with Crippen molar-refractivity contribution in [1.82, 2.24) is 15.4 Å². The minimum absolute atomic E-state index is 0.400. The molecule has 4 rings (SSSR count). The Morgan fingerprint density at radius 3 is 2.46 bits per heavy atom. The molecule has 7 heteroatoms. The summed E-state index contributed by atoms with van der Waals surface area (Å²) >= 11 is 6.19. The molecule has 3 aromatic carbocycles. The molecule has 6 nitrogen and oxygen atoms in total. The summed E-state index contributed by atoms with van der Waals surface area (Å²) in [5.41, 5.74) is 4.76. The van der Waals surface area contributed by atoms with Gasteiger partial charge in [0.05, 0.1) is 16.8 Å². The standard InChI is InChI=1S/C21H16ClN5O/c22-14-10-11-18-16(12-14)20(26-19(24-18)13-6-2-1-3-7-13)25-17-9-5-4-8-15(17)21(28)27-23/h1-12H,23H2,(H,27,28)(H,24,25,26). The molecule has 28 heavy (non-hydrogen) atoms. The Kier molecular flexibility index (Phi) is 4.89. The van der Waals surface area contributed by atoms with Gasteiger partial charge in [-0.3, -0.25) is 10.2 Å². The van der Waals surface area contributed by atoms with Gasteiger partial charge in [-0.05, 0) is 30.3 Å². The van der Waals surface area contributed by atoms with Crippen LogP contribution in [0.15, 0.2) is 72.8 Å². The van der Waals surface area contributed by atoms with Gasteiger partial charge in [0.25, 0.3) is 5.91 Å². The molecule has 0 aliphatic rings. The van der Waals surface area contributed by atoms with Crippen LogP contribution in [0.3, 0.4) is 0 Å². The number of fused-ring (bicyclic) bond motifs is 1. The summed E-state index contributed by atoms with van der Waals surface area (Å²) in [4.78, 5) is 21.4. The van der Waals surface area contributed by atoms with Crippen LogP contribution in [0.2, 0.25) is 5.02 Å². The Balaban J connectivity index is 1.88. The molecule has 0 bridgehead atoms. The lowest BCUT2D eigenvalue weighted by Crippen LogP contribution is -2.30. The summed E-state index contributed by atoms with van der Waals surface area (Å²) in [5, 5.41) is 4.56. The minimum Gasteiger partial charge on any atom is -0.339 e. The molecule has 0 atom stereocenters. The van der Waals surface area contributed by atoms with E-state index in [0.29, 0.717) is 27.9 Å². The number of halogens is 1. The number of nitrogen functional groups attached to an aromatic ring is 1. The lowest BCUT2D eigenvalue weighted by atomic mass is 10.1. The number of carbonyl (C=O) groups is 1. The zero-order chi connectivity index (χ0) is 19.5. The van der Waals surface area contributed by atoms with Gasteiger partial charge in [-0.15, -0.1) is 0 Å². The van der Waals surface area contributed by atoms with Crippen molar-refractivity contribution in [1.29, 1.82) is 0 Å². The topological polar surface area (TPSA) is 92.9 Å². The fourth-order valence-electron chi connectivity index (χ4n) is 2.91. The van der Waals surface area contributed by atoms with Gasteiger partial charge in [-0.2, -0.15) is 0 Å². The van der Waals surface area contributed by atoms with E-state index in [1.165, 1.54) is 0 Å². The number of benzene rings is 3. The molecule has 4 aromatic rings. The minimum atomic E-state index is -0.400. The van der Waals surface area contributed by atoms with E-state index in [1.54, 1.807) is 30.3 Å². The molecule has 0 saturated heterocycles. The number of amides is 1. The average Bonchev–Trinajstić information content (AvgIpc) is 2.74. The second kappa shape index (κ2) is 7.64. The first-order valence-electron chi connectivity index (χ1n) is 8.55. The third kappa shape index (κ3) is 3.51. The average molecular weight is 390 g/mol. The van der Waals surface area contributed by atoms with Gasteiger partial charge in [-0.1, -0.05) is 54.1 Å². The first-order chi connectivity index (χ1) is 13.7. The number of nitrogens with one attached hydrogen (secondary N) is 2. The molecule has 0 fully saturated rings. The van der Waals surface area contributed by atoms with Crippen molar-refractivity contribution in [2.24, 2.45) is 5.84 Å². The Hall–Kier alpha value is -3.48. The van der Waals surface area contributed by atoms with Crippen LogP contribution in [-0.2, 0) is 0 Å². The molecule has 0 aliphatic carbocycles. The second-order valence-electron chi connectivity index (χ2n) is 6.07. The normalized spacial score (nSPS) is 10.6. The predicted octanol–water partition coefficient (Wildman–Crippen LogP) is 4.30. The van der Waals surface area contributed by atoms with Gasteiger partial charge in [0, 0.05) is 16.0 Å². The van der Waals surface area contributed by atoms with Crippen LogP contribution in [0.25, 0.3) is 22.3 Å². The second-order valence-corrected chi connectivity index (χ2v) is 6.50. The number of hydrogen-bond donors (Lipinski definition) is 3. The molecular formula is C21H16ClN5O. The van der Waals surface area contributed by atoms with E-state index < -0.39 is 5.91 Å². The van der Waals surface area contributed by atoms with E-state index in [9.17, 15) is 4.79 Å². The van der Waals surface area contributed by atoms with Crippen LogP contribution in [-0.4, -0.2) is 15.9 Å². The Morgan fingerprint density at radius 1 is 0.929 bits per heavy atom. The van der Waals surface area contributed by atoms with Crippen LogP contribution in [0.1, 0.15) is 10.4 Å². The predicted molar refractivity (Wildman–Crippen MR) is 111 cm³/mol. The number of anilines is 2. The molecule has 1 heterocycles. The first kappa shape index (κ1) is 17.9. The summed E-state index contributed by atoms with van der Waals surface area (Å²) in [7, 11) is 0. The maximum absolute atomic E-state index is 12.1. The molecule has 0 radical (unpaired) electrons. The summed E-state index contributed by atoms with van der Waals surface area (Å²) in [6.45, 7) is 0. The number of nitrogens with zero attached hydrogens (tertiary/aromatic N) is 2. The summed E-state index contributed by atoms with van der Waals surface area (Å²) < 4.78 is 0. The van der Waals surface area contributed by atoms with Crippen molar-refractivity contribution < 1.29 is 4.79 Å². The van der Waals surface area contributed by atoms with Gasteiger partial charge < -0.3 is 5.32 Å². The number of hydrazine groups is 1. The largest absolute Gasteiger partial charge is 0.339 e. The van der Waals surface area contributed by atoms with Crippen molar-refractivity contribution in [3.63, 3.8) is 0 Å². The van der Waals surface area contributed by atoms with Crippen molar-refractivity contribution >= 4 is 39.9 Å². The molecule has 138 valence electrons. The highest BCUT2D eigenvalue weighted by molar-refractivity contribution is 6.31. The Bertz CT molecular complexity index is 1160. The third-order valence-electron chi connectivity index (χ3n) is 4.25. The van der Waals surface area contributed by atoms with E-state index in [-0.39, 0.29) is 0 Å². The number of para-hydroxylation sites is 1. The van der Waals surface area contributed by atoms with Gasteiger partial charge >= 0.3 is 0 Å². The maximum atomic E-state index is 12.1. The third-order valence-corrected chi connectivity index (χ3v) is 4.48. The number of rotatable bonds is 4. The zero-order valence-corrected chi connectivity index (χ0v) is 15.4. The smallest absolute Gasteiger partial charge is 0.267 e. The summed E-state index contributed by atoms with van der Waals surface area (Å²) in [5.74, 6) is 6.02. The molecule has 1 amide bonds. The molecular weight excluding hydrogens is 374 g/mol. The fourth-order valence-corrected chi connectivity index (χ4v) is 3.08. The molecule has 0 spiro atoms. The van der Waals surface area contributed by atoms with Gasteiger partial charge in [0.2, 0.25) is 0 Å². The Labute approximate surface area is 166 Å². The van der Waals surface area contributed by atoms with Gasteiger partial charge in [0.1, 0.15) is 5.82 Å². The summed E-state index contributed by atoms with van der Waals surface area (Å²) in [6, 6.07) is 22.1. The van der Waals surface area contributed by atoms with Crippen molar-refractivity contribution in [2.75, 3.05) is 5.32 Å². The molecule has 4 N–H and O–H groups in total. The highest BCUT2D eigenvalue weighted by Gasteiger charge is 2.14. The van der Waals surface area contributed by atoms with E-state index in [1.807, 2.05) is 42.5 Å². The fraction of sp³-hybridized carbons (Fsp3) is 0. The lowest BCUT2D eigenvalue weighted by Gasteiger charge is -2.14. The van der Waals surface area contributed by atoms with E-state index in [2.05, 4.69) is 20.7 Å². The SMILES string of the molecule is NNC(=O)c1ccccc1Nc1nc(-c2ccccc2)nc2ccc(Cl)cc12. The molecule has 0 aliphatic heterocycles. The zero-order valence-electron chi connectivity index (χ0n) is 14.7.